The maximum absolute atomic E-state index is 11.8. The van der Waals surface area contributed by atoms with Gasteiger partial charge in [0.25, 0.3) is 0 Å². The minimum Gasteiger partial charge on any atom is -0.451 e. The quantitative estimate of drug-likeness (QED) is 0.686. The van der Waals surface area contributed by atoms with E-state index in [0.717, 1.165) is 0 Å². The van der Waals surface area contributed by atoms with Crippen LogP contribution in [0.5, 0.6) is 0 Å². The lowest BCUT2D eigenvalue weighted by Gasteiger charge is -2.19. The summed E-state index contributed by atoms with van der Waals surface area (Å²) in [6, 6.07) is 13.7. The van der Waals surface area contributed by atoms with Crippen molar-refractivity contribution >= 4 is 12.3 Å². The maximum Gasteiger partial charge on any atom is 0.339 e. The van der Waals surface area contributed by atoms with E-state index in [1.807, 2.05) is 0 Å². The molecule has 2 unspecified atom stereocenters. The summed E-state index contributed by atoms with van der Waals surface area (Å²) in [5.41, 5.74) is 1.95. The van der Waals surface area contributed by atoms with Gasteiger partial charge in [-0.2, -0.15) is 0 Å². The van der Waals surface area contributed by atoms with Gasteiger partial charge in [-0.15, -0.1) is 0 Å². The molecule has 1 aliphatic heterocycles. The number of esters is 1. The van der Waals surface area contributed by atoms with Gasteiger partial charge >= 0.3 is 5.97 Å². The normalized spacial score (nSPS) is 18.2. The van der Waals surface area contributed by atoms with E-state index in [4.69, 9.17) is 4.74 Å². The molecule has 20 heavy (non-hydrogen) atoms. The van der Waals surface area contributed by atoms with Crippen LogP contribution in [0.2, 0.25) is 0 Å². The van der Waals surface area contributed by atoms with E-state index in [9.17, 15) is 14.7 Å². The summed E-state index contributed by atoms with van der Waals surface area (Å²) in [6.45, 7) is 0. The third kappa shape index (κ3) is 1.90. The molecule has 0 spiro atoms. The minimum absolute atomic E-state index is 0.389. The topological polar surface area (TPSA) is 63.6 Å². The number of aliphatic hydroxyl groups is 1. The predicted molar refractivity (Wildman–Crippen MR) is 71.4 cm³/mol. The third-order valence-corrected chi connectivity index (χ3v) is 3.45. The van der Waals surface area contributed by atoms with Crippen LogP contribution >= 0.6 is 0 Å². The molecule has 0 aliphatic carbocycles. The van der Waals surface area contributed by atoms with Crippen molar-refractivity contribution in [3.8, 4) is 0 Å². The molecular weight excluding hydrogens is 256 g/mol. The van der Waals surface area contributed by atoms with Crippen molar-refractivity contribution in [2.75, 3.05) is 0 Å². The van der Waals surface area contributed by atoms with E-state index < -0.39 is 18.2 Å². The van der Waals surface area contributed by atoms with Crippen molar-refractivity contribution in [1.29, 1.82) is 0 Å². The number of hydrogen-bond acceptors (Lipinski definition) is 4. The number of carbonyl (C=O) groups is 2. The largest absolute Gasteiger partial charge is 0.451 e. The zero-order valence-corrected chi connectivity index (χ0v) is 10.5. The molecule has 0 saturated heterocycles. The summed E-state index contributed by atoms with van der Waals surface area (Å²) in [5.74, 6) is -0.451. The number of aldehydes is 1. The first-order chi connectivity index (χ1) is 9.72. The lowest BCUT2D eigenvalue weighted by Crippen LogP contribution is -2.12. The molecule has 2 aromatic carbocycles. The first kappa shape index (κ1) is 12.6. The molecule has 0 aromatic heterocycles. The lowest BCUT2D eigenvalue weighted by atomic mass is 9.94. The Hall–Kier alpha value is -2.46. The molecule has 1 aliphatic rings. The zero-order valence-electron chi connectivity index (χ0n) is 10.5. The summed E-state index contributed by atoms with van der Waals surface area (Å²) in [5, 5.41) is 10.5. The Bertz CT molecular complexity index is 678. The first-order valence-electron chi connectivity index (χ1n) is 6.24. The lowest BCUT2D eigenvalue weighted by molar-refractivity contribution is -0.0104. The van der Waals surface area contributed by atoms with Gasteiger partial charge in [0.15, 0.2) is 6.10 Å². The van der Waals surface area contributed by atoms with Gasteiger partial charge in [0, 0.05) is 11.1 Å². The molecule has 0 radical (unpaired) electrons. The second kappa shape index (κ2) is 4.90. The molecule has 100 valence electrons. The second-order valence-electron chi connectivity index (χ2n) is 4.60. The van der Waals surface area contributed by atoms with E-state index in [1.165, 1.54) is 0 Å². The molecule has 3 rings (SSSR count). The Morgan fingerprint density at radius 1 is 1.10 bits per heavy atom. The number of aliphatic hydroxyl groups excluding tert-OH is 1. The Labute approximate surface area is 115 Å². The standard InChI is InChI=1S/C16H12O4/c17-9-10-5-1-2-6-11(10)14(18)15-12-7-3-4-8-13(12)16(19)20-15/h1-9,14-15,18H. The van der Waals surface area contributed by atoms with Gasteiger partial charge in [-0.05, 0) is 11.6 Å². The average molecular weight is 268 g/mol. The molecular formula is C16H12O4. The monoisotopic (exact) mass is 268 g/mol. The number of fused-ring (bicyclic) bond motifs is 1. The van der Waals surface area contributed by atoms with Crippen LogP contribution in [0.15, 0.2) is 48.5 Å². The van der Waals surface area contributed by atoms with Gasteiger partial charge < -0.3 is 9.84 Å². The van der Waals surface area contributed by atoms with Crippen LogP contribution in [0, 0.1) is 0 Å². The van der Waals surface area contributed by atoms with E-state index in [-0.39, 0.29) is 0 Å². The fourth-order valence-electron chi connectivity index (χ4n) is 2.46. The summed E-state index contributed by atoms with van der Waals surface area (Å²) < 4.78 is 5.24. The van der Waals surface area contributed by atoms with E-state index in [0.29, 0.717) is 28.5 Å². The third-order valence-electron chi connectivity index (χ3n) is 3.45. The SMILES string of the molecule is O=Cc1ccccc1C(O)C1OC(=O)c2ccccc21. The van der Waals surface area contributed by atoms with Crippen molar-refractivity contribution in [3.05, 3.63) is 70.8 Å². The zero-order chi connectivity index (χ0) is 14.1. The maximum atomic E-state index is 11.8. The van der Waals surface area contributed by atoms with Gasteiger partial charge in [-0.1, -0.05) is 42.5 Å². The molecule has 1 heterocycles. The highest BCUT2D eigenvalue weighted by Crippen LogP contribution is 2.39. The van der Waals surface area contributed by atoms with Crippen LogP contribution in [-0.2, 0) is 4.74 Å². The summed E-state index contributed by atoms with van der Waals surface area (Å²) in [4.78, 5) is 22.8. The summed E-state index contributed by atoms with van der Waals surface area (Å²) in [7, 11) is 0. The number of carbonyl (C=O) groups excluding carboxylic acids is 2. The Balaban J connectivity index is 2.02. The van der Waals surface area contributed by atoms with Gasteiger partial charge in [0.05, 0.1) is 5.56 Å². The van der Waals surface area contributed by atoms with E-state index >= 15 is 0 Å². The summed E-state index contributed by atoms with van der Waals surface area (Å²) >= 11 is 0. The summed E-state index contributed by atoms with van der Waals surface area (Å²) in [6.07, 6.45) is -1.16. The Kier molecular flexibility index (Phi) is 3.08. The predicted octanol–water partition coefficient (Wildman–Crippen LogP) is 2.44. The van der Waals surface area contributed by atoms with E-state index in [1.54, 1.807) is 48.5 Å². The smallest absolute Gasteiger partial charge is 0.339 e. The second-order valence-corrected chi connectivity index (χ2v) is 4.60. The van der Waals surface area contributed by atoms with Gasteiger partial charge in [0.2, 0.25) is 0 Å². The minimum atomic E-state index is -1.07. The van der Waals surface area contributed by atoms with Crippen molar-refractivity contribution in [2.24, 2.45) is 0 Å². The van der Waals surface area contributed by atoms with Crippen LogP contribution in [-0.4, -0.2) is 17.4 Å². The Morgan fingerprint density at radius 3 is 2.60 bits per heavy atom. The highest BCUT2D eigenvalue weighted by Gasteiger charge is 2.36. The fourth-order valence-corrected chi connectivity index (χ4v) is 2.46. The number of hydrogen-bond donors (Lipinski definition) is 1. The van der Waals surface area contributed by atoms with Gasteiger partial charge in [0.1, 0.15) is 12.4 Å². The highest BCUT2D eigenvalue weighted by atomic mass is 16.6. The number of ether oxygens (including phenoxy) is 1. The molecule has 2 aromatic rings. The van der Waals surface area contributed by atoms with Crippen LogP contribution in [0.3, 0.4) is 0 Å². The van der Waals surface area contributed by atoms with Gasteiger partial charge in [-0.3, -0.25) is 4.79 Å². The van der Waals surface area contributed by atoms with Crippen LogP contribution in [0.25, 0.3) is 0 Å². The van der Waals surface area contributed by atoms with Gasteiger partial charge in [-0.25, -0.2) is 4.79 Å². The van der Waals surface area contributed by atoms with Crippen molar-refractivity contribution in [1.82, 2.24) is 0 Å². The van der Waals surface area contributed by atoms with Crippen molar-refractivity contribution < 1.29 is 19.4 Å². The van der Waals surface area contributed by atoms with E-state index in [2.05, 4.69) is 0 Å². The van der Waals surface area contributed by atoms with Crippen molar-refractivity contribution in [3.63, 3.8) is 0 Å². The number of benzene rings is 2. The number of cyclic esters (lactones) is 1. The average Bonchev–Trinajstić information content (AvgIpc) is 2.84. The van der Waals surface area contributed by atoms with Crippen LogP contribution in [0.1, 0.15) is 44.1 Å². The molecule has 2 atom stereocenters. The molecule has 0 saturated carbocycles. The molecule has 4 heteroatoms. The number of rotatable bonds is 3. The first-order valence-corrected chi connectivity index (χ1v) is 6.24. The molecule has 0 amide bonds. The molecule has 0 bridgehead atoms. The molecule has 1 N–H and O–H groups in total. The van der Waals surface area contributed by atoms with Crippen LogP contribution in [0.4, 0.5) is 0 Å². The molecule has 0 fully saturated rings. The fraction of sp³-hybridized carbons (Fsp3) is 0.125. The van der Waals surface area contributed by atoms with Crippen molar-refractivity contribution in [2.45, 2.75) is 12.2 Å². The Morgan fingerprint density at radius 2 is 1.80 bits per heavy atom. The van der Waals surface area contributed by atoms with Crippen LogP contribution < -0.4 is 0 Å². The molecule has 4 nitrogen and oxygen atoms in total. The highest BCUT2D eigenvalue weighted by molar-refractivity contribution is 5.94.